The first-order chi connectivity index (χ1) is 19.6. The Bertz CT molecular complexity index is 1390. The summed E-state index contributed by atoms with van der Waals surface area (Å²) in [4.78, 5) is 20.2. The van der Waals surface area contributed by atoms with Crippen molar-refractivity contribution in [3.63, 3.8) is 0 Å². The maximum atomic E-state index is 13.7. The highest BCUT2D eigenvalue weighted by molar-refractivity contribution is 5.97. The molecule has 40 heavy (non-hydrogen) atoms. The molecule has 0 spiro atoms. The Kier molecular flexibility index (Phi) is 7.92. The van der Waals surface area contributed by atoms with Crippen molar-refractivity contribution >= 4 is 11.6 Å². The van der Waals surface area contributed by atoms with Crippen LogP contribution in [0.4, 0.5) is 10.1 Å². The second-order valence-corrected chi connectivity index (χ2v) is 10.9. The summed E-state index contributed by atoms with van der Waals surface area (Å²) in [5.41, 5.74) is 6.58. The van der Waals surface area contributed by atoms with Crippen LogP contribution in [0.25, 0.3) is 0 Å². The SMILES string of the molecule is O=C1c2cc(N3CCN(CCC(c4ccccc4)c4ccccc4)CC3)ccc2CCN1Cc1cccc(F)c1. The smallest absolute Gasteiger partial charge is 0.254 e. The maximum absolute atomic E-state index is 13.7. The minimum absolute atomic E-state index is 0.0406. The average molecular weight is 534 g/mol. The van der Waals surface area contributed by atoms with E-state index in [9.17, 15) is 9.18 Å². The molecule has 4 aromatic rings. The Labute approximate surface area is 236 Å². The van der Waals surface area contributed by atoms with Crippen molar-refractivity contribution < 1.29 is 9.18 Å². The largest absolute Gasteiger partial charge is 0.369 e. The Morgan fingerprint density at radius 1 is 0.725 bits per heavy atom. The van der Waals surface area contributed by atoms with Gasteiger partial charge in [0.25, 0.3) is 5.91 Å². The topological polar surface area (TPSA) is 26.8 Å². The van der Waals surface area contributed by atoms with Gasteiger partial charge in [0.15, 0.2) is 0 Å². The zero-order chi connectivity index (χ0) is 27.3. The first kappa shape index (κ1) is 26.3. The summed E-state index contributed by atoms with van der Waals surface area (Å²) in [6, 6.07) is 34.6. The van der Waals surface area contributed by atoms with Crippen molar-refractivity contribution in [1.29, 1.82) is 0 Å². The zero-order valence-corrected chi connectivity index (χ0v) is 22.9. The molecular weight excluding hydrogens is 497 g/mol. The van der Waals surface area contributed by atoms with Crippen molar-refractivity contribution in [1.82, 2.24) is 9.80 Å². The van der Waals surface area contributed by atoms with E-state index in [2.05, 4.69) is 88.7 Å². The minimum atomic E-state index is -0.264. The Morgan fingerprint density at radius 3 is 2.10 bits per heavy atom. The average Bonchev–Trinajstić information content (AvgIpc) is 3.00. The van der Waals surface area contributed by atoms with Gasteiger partial charge >= 0.3 is 0 Å². The molecule has 0 bridgehead atoms. The zero-order valence-electron chi connectivity index (χ0n) is 22.9. The molecule has 204 valence electrons. The normalized spacial score (nSPS) is 15.9. The lowest BCUT2D eigenvalue weighted by Gasteiger charge is -2.37. The molecule has 2 aliphatic rings. The van der Waals surface area contributed by atoms with Crippen molar-refractivity contribution in [2.75, 3.05) is 44.2 Å². The second kappa shape index (κ2) is 12.1. The first-order valence-electron chi connectivity index (χ1n) is 14.4. The molecule has 5 heteroatoms. The summed E-state index contributed by atoms with van der Waals surface area (Å²) in [6.07, 6.45) is 1.91. The van der Waals surface area contributed by atoms with E-state index in [0.29, 0.717) is 19.0 Å². The van der Waals surface area contributed by atoms with Gasteiger partial charge in [0.2, 0.25) is 0 Å². The van der Waals surface area contributed by atoms with Crippen molar-refractivity contribution in [2.45, 2.75) is 25.3 Å². The van der Waals surface area contributed by atoms with Crippen LogP contribution in [-0.2, 0) is 13.0 Å². The van der Waals surface area contributed by atoms with E-state index in [4.69, 9.17) is 0 Å². The van der Waals surface area contributed by atoms with Crippen LogP contribution in [-0.4, -0.2) is 55.0 Å². The number of nitrogens with zero attached hydrogens (tertiary/aromatic N) is 3. The quantitative estimate of drug-likeness (QED) is 0.263. The Hall–Kier alpha value is -3.96. The first-order valence-corrected chi connectivity index (χ1v) is 14.4. The van der Waals surface area contributed by atoms with Crippen LogP contribution < -0.4 is 4.90 Å². The molecule has 0 unspecified atom stereocenters. The lowest BCUT2D eigenvalue weighted by molar-refractivity contribution is 0.0727. The molecular formula is C35H36FN3O. The molecule has 6 rings (SSSR count). The second-order valence-electron chi connectivity index (χ2n) is 10.9. The van der Waals surface area contributed by atoms with Gasteiger partial charge in [0.1, 0.15) is 5.82 Å². The molecule has 0 aliphatic carbocycles. The molecule has 4 nitrogen and oxygen atoms in total. The maximum Gasteiger partial charge on any atom is 0.254 e. The van der Waals surface area contributed by atoms with Crippen LogP contribution in [0, 0.1) is 5.82 Å². The molecule has 0 radical (unpaired) electrons. The van der Waals surface area contributed by atoms with Gasteiger partial charge in [-0.3, -0.25) is 9.69 Å². The molecule has 2 aliphatic heterocycles. The fourth-order valence-electron chi connectivity index (χ4n) is 6.15. The number of benzene rings is 4. The Morgan fingerprint density at radius 2 is 1.43 bits per heavy atom. The lowest BCUT2D eigenvalue weighted by Crippen LogP contribution is -2.47. The number of hydrogen-bond donors (Lipinski definition) is 0. The number of rotatable bonds is 8. The summed E-state index contributed by atoms with van der Waals surface area (Å²) in [6.45, 7) is 6.06. The molecule has 1 saturated heterocycles. The van der Waals surface area contributed by atoms with Gasteiger partial charge < -0.3 is 9.80 Å². The number of piperazine rings is 1. The van der Waals surface area contributed by atoms with Crippen LogP contribution in [0.5, 0.6) is 0 Å². The van der Waals surface area contributed by atoms with Gasteiger partial charge in [-0.15, -0.1) is 0 Å². The number of hydrogen-bond acceptors (Lipinski definition) is 3. The third-order valence-corrected chi connectivity index (χ3v) is 8.40. The van der Waals surface area contributed by atoms with Crippen LogP contribution in [0.3, 0.4) is 0 Å². The van der Waals surface area contributed by atoms with E-state index in [-0.39, 0.29) is 11.7 Å². The molecule has 0 aromatic heterocycles. The molecule has 0 atom stereocenters. The summed E-state index contributed by atoms with van der Waals surface area (Å²) in [7, 11) is 0. The fourth-order valence-corrected chi connectivity index (χ4v) is 6.15. The fraction of sp³-hybridized carbons (Fsp3) is 0.286. The molecule has 0 N–H and O–H groups in total. The highest BCUT2D eigenvalue weighted by Crippen LogP contribution is 2.29. The molecule has 4 aromatic carbocycles. The number of anilines is 1. The van der Waals surface area contributed by atoms with Crippen molar-refractivity contribution in [3.05, 3.63) is 137 Å². The number of carbonyl (C=O) groups is 1. The number of fused-ring (bicyclic) bond motifs is 1. The summed E-state index contributed by atoms with van der Waals surface area (Å²) in [5, 5.41) is 0. The van der Waals surface area contributed by atoms with Crippen LogP contribution in [0.2, 0.25) is 0 Å². The van der Waals surface area contributed by atoms with Gasteiger partial charge in [0, 0.05) is 56.4 Å². The molecule has 0 saturated carbocycles. The standard InChI is InChI=1S/C35H36FN3O/c36-31-13-7-8-27(24-31)26-39-19-16-30-14-15-32(25-34(30)35(39)40)38-22-20-37(21-23-38)18-17-33(28-9-3-1-4-10-28)29-11-5-2-6-12-29/h1-15,24-25,33H,16-23,26H2. The van der Waals surface area contributed by atoms with Gasteiger partial charge in [0.05, 0.1) is 0 Å². The highest BCUT2D eigenvalue weighted by atomic mass is 19.1. The van der Waals surface area contributed by atoms with Gasteiger partial charge in [-0.1, -0.05) is 78.9 Å². The van der Waals surface area contributed by atoms with Crippen LogP contribution >= 0.6 is 0 Å². The summed E-state index contributed by atoms with van der Waals surface area (Å²) in [5.74, 6) is 0.167. The van der Waals surface area contributed by atoms with Crippen LogP contribution in [0.1, 0.15) is 45.0 Å². The van der Waals surface area contributed by atoms with E-state index in [1.54, 1.807) is 6.07 Å². The van der Waals surface area contributed by atoms with E-state index in [1.807, 2.05) is 11.0 Å². The Balaban J connectivity index is 1.08. The molecule has 1 fully saturated rings. The van der Waals surface area contributed by atoms with E-state index < -0.39 is 0 Å². The number of amides is 1. The third kappa shape index (κ3) is 5.95. The highest BCUT2D eigenvalue weighted by Gasteiger charge is 2.26. The van der Waals surface area contributed by atoms with Crippen LogP contribution in [0.15, 0.2) is 103 Å². The van der Waals surface area contributed by atoms with E-state index in [1.165, 1.54) is 23.3 Å². The molecule has 1 amide bonds. The van der Waals surface area contributed by atoms with Crippen molar-refractivity contribution in [3.8, 4) is 0 Å². The van der Waals surface area contributed by atoms with Gasteiger partial charge in [-0.05, 0) is 65.9 Å². The van der Waals surface area contributed by atoms with Gasteiger partial charge in [-0.25, -0.2) is 4.39 Å². The van der Waals surface area contributed by atoms with Gasteiger partial charge in [-0.2, -0.15) is 0 Å². The predicted octanol–water partition coefficient (Wildman–Crippen LogP) is 6.37. The molecule has 2 heterocycles. The third-order valence-electron chi connectivity index (χ3n) is 8.40. The monoisotopic (exact) mass is 533 g/mol. The number of carbonyl (C=O) groups excluding carboxylic acids is 1. The predicted molar refractivity (Wildman–Crippen MR) is 159 cm³/mol. The summed E-state index contributed by atoms with van der Waals surface area (Å²) < 4.78 is 13.7. The lowest BCUT2D eigenvalue weighted by atomic mass is 9.88. The minimum Gasteiger partial charge on any atom is -0.369 e. The van der Waals surface area contributed by atoms with E-state index >= 15 is 0 Å². The summed E-state index contributed by atoms with van der Waals surface area (Å²) >= 11 is 0. The van der Waals surface area contributed by atoms with E-state index in [0.717, 1.165) is 67.9 Å². The number of halogens is 1. The van der Waals surface area contributed by atoms with Crippen molar-refractivity contribution in [2.24, 2.45) is 0 Å².